The Kier molecular flexibility index (Phi) is 8.98. The van der Waals surface area contributed by atoms with Crippen LogP contribution in [0.5, 0.6) is 0 Å². The van der Waals surface area contributed by atoms with Crippen LogP contribution in [0, 0.1) is 12.7 Å². The molecule has 2 amide bonds. The average molecular weight is 619 g/mol. The zero-order valence-corrected chi connectivity index (χ0v) is 25.4. The molecule has 1 aliphatic rings. The van der Waals surface area contributed by atoms with Gasteiger partial charge in [0.05, 0.1) is 16.6 Å². The maximum atomic E-state index is 15.2. The number of fused-ring (bicyclic) bond motifs is 2. The number of hydrogen-bond acceptors (Lipinski definition) is 7. The Morgan fingerprint density at radius 3 is 2.27 bits per heavy atom. The third kappa shape index (κ3) is 6.15. The molecule has 0 aliphatic carbocycles. The number of benzene rings is 1. The van der Waals surface area contributed by atoms with Crippen molar-refractivity contribution >= 4 is 45.4 Å². The molecule has 236 valence electrons. The Morgan fingerprint density at radius 1 is 0.933 bits per heavy atom. The maximum absolute atomic E-state index is 15.2. The fraction of sp³-hybridized carbons (Fsp3) is 0.375. The SMILES string of the molecule is CCn1cc(C(=O)O)c(=O)c2cc(F)c(N3CCN(C(=O)CCCNC(=O)c4cn(CC)c5nc(C)ccc5c4=O)CC3)cc21. The van der Waals surface area contributed by atoms with E-state index in [4.69, 9.17) is 0 Å². The third-order valence-corrected chi connectivity index (χ3v) is 8.19. The molecular formula is C32H35FN6O6. The lowest BCUT2D eigenvalue weighted by Gasteiger charge is -2.36. The van der Waals surface area contributed by atoms with Crippen LogP contribution in [-0.4, -0.2) is 74.6 Å². The number of hydrogen-bond donors (Lipinski definition) is 2. The van der Waals surface area contributed by atoms with Crippen molar-refractivity contribution in [2.24, 2.45) is 0 Å². The number of nitrogens with zero attached hydrogens (tertiary/aromatic N) is 5. The van der Waals surface area contributed by atoms with Crippen LogP contribution in [0.25, 0.3) is 21.9 Å². The van der Waals surface area contributed by atoms with Gasteiger partial charge >= 0.3 is 5.97 Å². The van der Waals surface area contributed by atoms with Gasteiger partial charge in [0.1, 0.15) is 22.6 Å². The number of carboxylic acids is 1. The highest BCUT2D eigenvalue weighted by atomic mass is 19.1. The summed E-state index contributed by atoms with van der Waals surface area (Å²) in [7, 11) is 0. The number of anilines is 1. The first-order valence-electron chi connectivity index (χ1n) is 15.0. The van der Waals surface area contributed by atoms with Gasteiger partial charge in [-0.25, -0.2) is 14.2 Å². The smallest absolute Gasteiger partial charge is 0.341 e. The zero-order chi connectivity index (χ0) is 32.4. The van der Waals surface area contributed by atoms with Gasteiger partial charge in [-0.1, -0.05) is 0 Å². The van der Waals surface area contributed by atoms with Gasteiger partial charge < -0.3 is 29.4 Å². The monoisotopic (exact) mass is 618 g/mol. The molecule has 1 saturated heterocycles. The Morgan fingerprint density at radius 2 is 1.60 bits per heavy atom. The van der Waals surface area contributed by atoms with Crippen molar-refractivity contribution in [3.8, 4) is 0 Å². The summed E-state index contributed by atoms with van der Waals surface area (Å²) >= 11 is 0. The van der Waals surface area contributed by atoms with Gasteiger partial charge in [-0.3, -0.25) is 19.2 Å². The largest absolute Gasteiger partial charge is 0.477 e. The summed E-state index contributed by atoms with van der Waals surface area (Å²) in [5, 5.41) is 12.5. The highest BCUT2D eigenvalue weighted by Gasteiger charge is 2.25. The summed E-state index contributed by atoms with van der Waals surface area (Å²) in [5.74, 6) is -2.60. The molecule has 0 bridgehead atoms. The molecule has 1 aromatic carbocycles. The zero-order valence-electron chi connectivity index (χ0n) is 25.4. The standard InChI is InChI=1S/C32H35FN6O6/c1-4-36-18-23(32(44)45)29(42)21-15-24(33)26(16-25(21)36)38-11-13-39(14-12-38)27(40)7-6-10-34-31(43)22-17-37(5-2)30-20(28(22)41)9-8-19(3)35-30/h8-9,15-18H,4-7,10-14H2,1-3H3,(H,34,43)(H,44,45). The second-order valence-electron chi connectivity index (χ2n) is 11.0. The number of aryl methyl sites for hydroxylation is 3. The molecule has 3 aromatic heterocycles. The molecule has 2 N–H and O–H groups in total. The fourth-order valence-corrected chi connectivity index (χ4v) is 5.71. The van der Waals surface area contributed by atoms with E-state index in [1.54, 1.807) is 44.1 Å². The molecule has 0 radical (unpaired) electrons. The van der Waals surface area contributed by atoms with Crippen LogP contribution in [0.2, 0.25) is 0 Å². The number of aromatic nitrogens is 3. The predicted octanol–water partition coefficient (Wildman–Crippen LogP) is 2.76. The number of pyridine rings is 3. The van der Waals surface area contributed by atoms with Crippen LogP contribution in [0.1, 0.15) is 53.1 Å². The van der Waals surface area contributed by atoms with Crippen molar-refractivity contribution in [3.05, 3.63) is 79.7 Å². The Bertz CT molecular complexity index is 1940. The lowest BCUT2D eigenvalue weighted by Crippen LogP contribution is -2.49. The quantitative estimate of drug-likeness (QED) is 0.272. The molecule has 5 rings (SSSR count). The van der Waals surface area contributed by atoms with E-state index in [-0.39, 0.29) is 40.9 Å². The molecule has 12 nitrogen and oxygen atoms in total. The first kappa shape index (κ1) is 31.4. The van der Waals surface area contributed by atoms with Crippen molar-refractivity contribution in [3.63, 3.8) is 0 Å². The van der Waals surface area contributed by atoms with Gasteiger partial charge in [0, 0.05) is 75.7 Å². The molecule has 0 atom stereocenters. The third-order valence-electron chi connectivity index (χ3n) is 8.19. The second kappa shape index (κ2) is 12.9. The van der Waals surface area contributed by atoms with E-state index in [2.05, 4.69) is 10.3 Å². The average Bonchev–Trinajstić information content (AvgIpc) is 3.03. The van der Waals surface area contributed by atoms with Gasteiger partial charge in [-0.15, -0.1) is 0 Å². The number of aromatic carboxylic acids is 1. The van der Waals surface area contributed by atoms with Crippen LogP contribution in [0.15, 0.2) is 46.2 Å². The van der Waals surface area contributed by atoms with Crippen LogP contribution >= 0.6 is 0 Å². The van der Waals surface area contributed by atoms with Gasteiger partial charge in [0.2, 0.25) is 16.8 Å². The van der Waals surface area contributed by atoms with Gasteiger partial charge in [-0.2, -0.15) is 0 Å². The Hall–Kier alpha value is -5.07. The minimum absolute atomic E-state index is 0.00245. The number of piperazine rings is 1. The molecule has 0 saturated carbocycles. The van der Waals surface area contributed by atoms with Crippen LogP contribution in [0.3, 0.4) is 0 Å². The van der Waals surface area contributed by atoms with Gasteiger partial charge in [0.25, 0.3) is 5.91 Å². The van der Waals surface area contributed by atoms with Gasteiger partial charge in [0.15, 0.2) is 0 Å². The predicted molar refractivity (Wildman–Crippen MR) is 168 cm³/mol. The normalized spacial score (nSPS) is 13.4. The van der Waals surface area contributed by atoms with Crippen molar-refractivity contribution in [1.82, 2.24) is 24.3 Å². The molecule has 45 heavy (non-hydrogen) atoms. The Balaban J connectivity index is 1.17. The molecular weight excluding hydrogens is 583 g/mol. The van der Waals surface area contributed by atoms with Crippen molar-refractivity contribution in [2.75, 3.05) is 37.6 Å². The molecule has 0 unspecified atom stereocenters. The highest BCUT2D eigenvalue weighted by molar-refractivity contribution is 5.97. The molecule has 1 fully saturated rings. The minimum Gasteiger partial charge on any atom is -0.477 e. The topological polar surface area (TPSA) is 147 Å². The van der Waals surface area contributed by atoms with Crippen LogP contribution in [0.4, 0.5) is 10.1 Å². The van der Waals surface area contributed by atoms with Crippen molar-refractivity contribution in [1.29, 1.82) is 0 Å². The van der Waals surface area contributed by atoms with E-state index in [0.29, 0.717) is 62.2 Å². The first-order valence-corrected chi connectivity index (χ1v) is 15.0. The van der Waals surface area contributed by atoms with E-state index in [0.717, 1.165) is 11.8 Å². The van der Waals surface area contributed by atoms with Crippen molar-refractivity contribution < 1.29 is 23.9 Å². The van der Waals surface area contributed by atoms with E-state index in [9.17, 15) is 29.1 Å². The van der Waals surface area contributed by atoms with Crippen LogP contribution < -0.4 is 21.1 Å². The summed E-state index contributed by atoms with van der Waals surface area (Å²) in [6.07, 6.45) is 3.37. The molecule has 1 aliphatic heterocycles. The maximum Gasteiger partial charge on any atom is 0.341 e. The number of carboxylic acid groups (broad SMARTS) is 1. The summed E-state index contributed by atoms with van der Waals surface area (Å²) in [5.41, 5.74) is 0.512. The summed E-state index contributed by atoms with van der Waals surface area (Å²) in [4.78, 5) is 70.8. The number of carbonyl (C=O) groups is 3. The number of amides is 2. The summed E-state index contributed by atoms with van der Waals surface area (Å²) < 4.78 is 18.6. The number of rotatable bonds is 9. The van der Waals surface area contributed by atoms with E-state index in [1.807, 2.05) is 13.8 Å². The lowest BCUT2D eigenvalue weighted by molar-refractivity contribution is -0.131. The first-order chi connectivity index (χ1) is 21.5. The Labute approximate surface area is 257 Å². The lowest BCUT2D eigenvalue weighted by atomic mass is 10.1. The minimum atomic E-state index is -1.37. The van der Waals surface area contributed by atoms with Crippen molar-refractivity contribution in [2.45, 2.75) is 46.7 Å². The summed E-state index contributed by atoms with van der Waals surface area (Å²) in [6.45, 7) is 8.15. The molecule has 0 spiro atoms. The molecule has 13 heteroatoms. The van der Waals surface area contributed by atoms with E-state index < -0.39 is 28.7 Å². The number of carbonyl (C=O) groups excluding carboxylic acids is 2. The molecule has 4 aromatic rings. The van der Waals surface area contributed by atoms with Crippen LogP contribution in [-0.2, 0) is 17.9 Å². The highest BCUT2D eigenvalue weighted by Crippen LogP contribution is 2.26. The van der Waals surface area contributed by atoms with Gasteiger partial charge in [-0.05, 0) is 51.5 Å². The fourth-order valence-electron chi connectivity index (χ4n) is 5.71. The number of nitrogens with one attached hydrogen (secondary N) is 1. The summed E-state index contributed by atoms with van der Waals surface area (Å²) in [6, 6.07) is 6.06. The van der Waals surface area contributed by atoms with E-state index in [1.165, 1.54) is 12.4 Å². The number of halogens is 1. The second-order valence-corrected chi connectivity index (χ2v) is 11.0. The van der Waals surface area contributed by atoms with E-state index >= 15 is 4.39 Å². The molecule has 4 heterocycles.